The molecule has 22 heavy (non-hydrogen) atoms. The Morgan fingerprint density at radius 3 is 2.23 bits per heavy atom. The van der Waals surface area contributed by atoms with Crippen LogP contribution in [0.1, 0.15) is 19.8 Å². The summed E-state index contributed by atoms with van der Waals surface area (Å²) >= 11 is 0. The van der Waals surface area contributed by atoms with Crippen molar-refractivity contribution in [3.8, 4) is 0 Å². The fraction of sp³-hybridized carbons (Fsp3) is 0.417. The van der Waals surface area contributed by atoms with Crippen molar-refractivity contribution in [2.45, 2.75) is 25.8 Å². The number of nitrogens with zero attached hydrogens (tertiary/aromatic N) is 1. The van der Waals surface area contributed by atoms with Crippen LogP contribution in [0.3, 0.4) is 0 Å². The number of hydrogen-bond donors (Lipinski definition) is 2. The van der Waals surface area contributed by atoms with E-state index < -0.39 is 47.1 Å². The molecule has 1 rings (SSSR count). The number of esters is 1. The highest BCUT2D eigenvalue weighted by atomic mass is 19.2. The molecule has 0 fully saturated rings. The van der Waals surface area contributed by atoms with Gasteiger partial charge >= 0.3 is 5.97 Å². The number of rotatable bonds is 7. The SMILES string of the molecule is CCOC(=O)C(CCC(N)=O)Nc1c(F)c(F)nc(F)c1F. The van der Waals surface area contributed by atoms with Crippen molar-refractivity contribution in [1.29, 1.82) is 0 Å². The molecule has 0 aliphatic carbocycles. The van der Waals surface area contributed by atoms with Crippen LogP contribution in [0.2, 0.25) is 0 Å². The van der Waals surface area contributed by atoms with Gasteiger partial charge in [0.1, 0.15) is 11.7 Å². The Kier molecular flexibility index (Phi) is 6.08. The van der Waals surface area contributed by atoms with Gasteiger partial charge in [-0.1, -0.05) is 0 Å². The van der Waals surface area contributed by atoms with E-state index in [0.717, 1.165) is 0 Å². The first-order valence-electron chi connectivity index (χ1n) is 6.19. The third kappa shape index (κ3) is 4.30. The van der Waals surface area contributed by atoms with Gasteiger partial charge in [-0.15, -0.1) is 0 Å². The number of primary amides is 1. The number of amides is 1. The molecule has 3 N–H and O–H groups in total. The molecular weight excluding hydrogens is 310 g/mol. The number of aromatic nitrogens is 1. The predicted octanol–water partition coefficient (Wildman–Crippen LogP) is 1.25. The van der Waals surface area contributed by atoms with Gasteiger partial charge in [-0.05, 0) is 13.3 Å². The molecule has 0 aliphatic rings. The lowest BCUT2D eigenvalue weighted by molar-refractivity contribution is -0.144. The van der Waals surface area contributed by atoms with Crippen molar-refractivity contribution in [2.75, 3.05) is 11.9 Å². The molecule has 1 unspecified atom stereocenters. The molecule has 0 aromatic carbocycles. The molecule has 10 heteroatoms. The molecule has 0 saturated carbocycles. The van der Waals surface area contributed by atoms with Gasteiger partial charge in [0.15, 0.2) is 0 Å². The Hall–Kier alpha value is -2.39. The zero-order chi connectivity index (χ0) is 16.9. The van der Waals surface area contributed by atoms with Crippen LogP contribution in [0.5, 0.6) is 0 Å². The Morgan fingerprint density at radius 2 is 1.77 bits per heavy atom. The number of halogens is 4. The molecular formula is C12H13F4N3O3. The minimum atomic E-state index is -1.88. The molecule has 0 radical (unpaired) electrons. The lowest BCUT2D eigenvalue weighted by Gasteiger charge is -2.18. The van der Waals surface area contributed by atoms with Crippen LogP contribution in [0.25, 0.3) is 0 Å². The number of carbonyl (C=O) groups excluding carboxylic acids is 2. The van der Waals surface area contributed by atoms with Gasteiger partial charge in [0.05, 0.1) is 6.61 Å². The topological polar surface area (TPSA) is 94.3 Å². The third-order valence-electron chi connectivity index (χ3n) is 2.57. The summed E-state index contributed by atoms with van der Waals surface area (Å²) in [4.78, 5) is 24.8. The molecule has 1 heterocycles. The average Bonchev–Trinajstić information content (AvgIpc) is 2.44. The van der Waals surface area contributed by atoms with Crippen molar-refractivity contribution in [1.82, 2.24) is 4.98 Å². The van der Waals surface area contributed by atoms with E-state index in [-0.39, 0.29) is 19.4 Å². The van der Waals surface area contributed by atoms with Crippen molar-refractivity contribution in [3.63, 3.8) is 0 Å². The van der Waals surface area contributed by atoms with E-state index in [0.29, 0.717) is 0 Å². The van der Waals surface area contributed by atoms with Crippen LogP contribution < -0.4 is 11.1 Å². The Balaban J connectivity index is 3.08. The van der Waals surface area contributed by atoms with E-state index in [2.05, 4.69) is 9.72 Å². The van der Waals surface area contributed by atoms with E-state index in [4.69, 9.17) is 5.73 Å². The van der Waals surface area contributed by atoms with Crippen molar-refractivity contribution in [2.24, 2.45) is 5.73 Å². The highest BCUT2D eigenvalue weighted by Gasteiger charge is 2.27. The fourth-order valence-electron chi connectivity index (χ4n) is 1.57. The normalized spacial score (nSPS) is 11.9. The Bertz CT molecular complexity index is 557. The molecule has 6 nitrogen and oxygen atoms in total. The molecule has 1 amide bonds. The van der Waals surface area contributed by atoms with Crippen LogP contribution in [-0.2, 0) is 14.3 Å². The average molecular weight is 323 g/mol. The van der Waals surface area contributed by atoms with E-state index in [9.17, 15) is 27.2 Å². The summed E-state index contributed by atoms with van der Waals surface area (Å²) in [5.74, 6) is -9.08. The summed E-state index contributed by atoms with van der Waals surface area (Å²) in [6.45, 7) is 1.44. The summed E-state index contributed by atoms with van der Waals surface area (Å²) in [6.07, 6.45) is -0.589. The van der Waals surface area contributed by atoms with Gasteiger partial charge < -0.3 is 15.8 Å². The van der Waals surface area contributed by atoms with Gasteiger partial charge in [-0.25, -0.2) is 4.79 Å². The van der Waals surface area contributed by atoms with Crippen LogP contribution in [-0.4, -0.2) is 29.5 Å². The molecule has 0 spiro atoms. The summed E-state index contributed by atoms with van der Waals surface area (Å²) < 4.78 is 57.7. The molecule has 0 bridgehead atoms. The number of pyridine rings is 1. The van der Waals surface area contributed by atoms with Gasteiger partial charge in [0.25, 0.3) is 11.9 Å². The van der Waals surface area contributed by atoms with Crippen molar-refractivity contribution >= 4 is 17.6 Å². The summed E-state index contributed by atoms with van der Waals surface area (Å²) in [5.41, 5.74) is 3.70. The molecule has 1 aromatic heterocycles. The monoisotopic (exact) mass is 323 g/mol. The van der Waals surface area contributed by atoms with Crippen molar-refractivity contribution < 1.29 is 31.9 Å². The summed E-state index contributed by atoms with van der Waals surface area (Å²) in [7, 11) is 0. The number of anilines is 1. The summed E-state index contributed by atoms with van der Waals surface area (Å²) in [6, 6.07) is -1.42. The number of ether oxygens (including phenoxy) is 1. The lowest BCUT2D eigenvalue weighted by Crippen LogP contribution is -2.33. The zero-order valence-corrected chi connectivity index (χ0v) is 11.5. The number of carbonyl (C=O) groups is 2. The Morgan fingerprint density at radius 1 is 1.23 bits per heavy atom. The van der Waals surface area contributed by atoms with Gasteiger partial charge in [0, 0.05) is 6.42 Å². The fourth-order valence-corrected chi connectivity index (χ4v) is 1.57. The van der Waals surface area contributed by atoms with Crippen LogP contribution >= 0.6 is 0 Å². The first-order valence-corrected chi connectivity index (χ1v) is 6.19. The second-order valence-electron chi connectivity index (χ2n) is 4.15. The number of nitrogens with one attached hydrogen (secondary N) is 1. The standard InChI is InChI=1S/C12H13F4N3O3/c1-2-22-12(21)5(3-4-6(17)20)18-9-7(13)10(15)19-11(16)8(9)14/h5H,2-4H2,1H3,(H2,17,20)(H,18,19). The zero-order valence-electron chi connectivity index (χ0n) is 11.5. The lowest BCUT2D eigenvalue weighted by atomic mass is 10.1. The van der Waals surface area contributed by atoms with Crippen molar-refractivity contribution in [3.05, 3.63) is 23.5 Å². The van der Waals surface area contributed by atoms with Crippen LogP contribution in [0.4, 0.5) is 23.2 Å². The quantitative estimate of drug-likeness (QED) is 0.447. The largest absolute Gasteiger partial charge is 0.464 e. The van der Waals surface area contributed by atoms with Gasteiger partial charge in [-0.2, -0.15) is 22.5 Å². The maximum atomic E-state index is 13.5. The van der Waals surface area contributed by atoms with Crippen LogP contribution in [0, 0.1) is 23.5 Å². The summed E-state index contributed by atoms with van der Waals surface area (Å²) in [5, 5.41) is 1.98. The second kappa shape index (κ2) is 7.57. The van der Waals surface area contributed by atoms with E-state index in [1.807, 2.05) is 5.32 Å². The molecule has 1 aromatic rings. The second-order valence-corrected chi connectivity index (χ2v) is 4.15. The van der Waals surface area contributed by atoms with E-state index in [1.54, 1.807) is 0 Å². The predicted molar refractivity (Wildman–Crippen MR) is 66.5 cm³/mol. The first-order chi connectivity index (χ1) is 10.3. The minimum Gasteiger partial charge on any atom is -0.464 e. The van der Waals surface area contributed by atoms with E-state index >= 15 is 0 Å². The molecule has 0 saturated heterocycles. The Labute approximate surface area is 122 Å². The molecule has 0 aliphatic heterocycles. The maximum absolute atomic E-state index is 13.5. The third-order valence-corrected chi connectivity index (χ3v) is 2.57. The van der Waals surface area contributed by atoms with E-state index in [1.165, 1.54) is 6.92 Å². The molecule has 1 atom stereocenters. The number of nitrogens with two attached hydrogens (primary N) is 1. The highest BCUT2D eigenvalue weighted by molar-refractivity contribution is 5.81. The smallest absolute Gasteiger partial charge is 0.328 e. The van der Waals surface area contributed by atoms with Gasteiger partial charge in [-0.3, -0.25) is 4.79 Å². The minimum absolute atomic E-state index is 0.0440. The van der Waals surface area contributed by atoms with Crippen LogP contribution in [0.15, 0.2) is 0 Å². The maximum Gasteiger partial charge on any atom is 0.328 e. The highest BCUT2D eigenvalue weighted by Crippen LogP contribution is 2.23. The first kappa shape index (κ1) is 17.7. The van der Waals surface area contributed by atoms with Gasteiger partial charge in [0.2, 0.25) is 17.5 Å². The molecule has 122 valence electrons. The number of hydrogen-bond acceptors (Lipinski definition) is 5.